The van der Waals surface area contributed by atoms with Gasteiger partial charge in [0, 0.05) is 13.3 Å². The molecule has 0 aliphatic carbocycles. The molecule has 9 heteroatoms. The molecule has 0 unspecified atom stereocenters. The third-order valence-corrected chi connectivity index (χ3v) is 4.58. The Balaban J connectivity index is 1.92. The second-order valence-corrected chi connectivity index (χ2v) is 6.66. The van der Waals surface area contributed by atoms with Crippen molar-refractivity contribution in [3.05, 3.63) is 71.3 Å². The predicted octanol–water partition coefficient (Wildman–Crippen LogP) is 2.27. The van der Waals surface area contributed by atoms with Gasteiger partial charge in [0.05, 0.1) is 35.8 Å². The van der Waals surface area contributed by atoms with Gasteiger partial charge in [-0.25, -0.2) is 0 Å². The third kappa shape index (κ3) is 5.26. The lowest BCUT2D eigenvalue weighted by molar-refractivity contribution is 0.0995. The van der Waals surface area contributed by atoms with Crippen LogP contribution in [0.3, 0.4) is 0 Å². The van der Waals surface area contributed by atoms with Gasteiger partial charge >= 0.3 is 0 Å². The molecule has 162 valence electrons. The van der Waals surface area contributed by atoms with Gasteiger partial charge in [-0.05, 0) is 30.7 Å². The molecule has 0 radical (unpaired) electrons. The number of carbonyl (C=O) groups excluding carboxylic acids is 2. The fraction of sp³-hybridized carbons (Fsp3) is 0.273. The fourth-order valence-corrected chi connectivity index (χ4v) is 3.13. The van der Waals surface area contributed by atoms with Gasteiger partial charge in [-0.2, -0.15) is 5.10 Å². The highest BCUT2D eigenvalue weighted by atomic mass is 16.5. The van der Waals surface area contributed by atoms with Gasteiger partial charge in [0.25, 0.3) is 11.8 Å². The molecule has 3 rings (SSSR count). The summed E-state index contributed by atoms with van der Waals surface area (Å²) in [5.41, 5.74) is 7.61. The number of methoxy groups -OCH3 is 1. The van der Waals surface area contributed by atoms with Crippen molar-refractivity contribution >= 4 is 17.5 Å². The number of aromatic nitrogens is 3. The van der Waals surface area contributed by atoms with Crippen LogP contribution >= 0.6 is 0 Å². The molecular weight excluding hydrogens is 398 g/mol. The number of hydrogen-bond donors (Lipinski definition) is 2. The van der Waals surface area contributed by atoms with Gasteiger partial charge in [0.15, 0.2) is 5.69 Å². The Kier molecular flexibility index (Phi) is 7.34. The number of hydrogen-bond acceptors (Lipinski definition) is 6. The first-order chi connectivity index (χ1) is 15.0. The zero-order valence-electron chi connectivity index (χ0n) is 17.5. The molecule has 2 aromatic heterocycles. The molecule has 0 spiro atoms. The van der Waals surface area contributed by atoms with Gasteiger partial charge in [0.2, 0.25) is 0 Å². The summed E-state index contributed by atoms with van der Waals surface area (Å²) in [4.78, 5) is 29.4. The van der Waals surface area contributed by atoms with Crippen molar-refractivity contribution in [3.63, 3.8) is 0 Å². The number of benzene rings is 1. The van der Waals surface area contributed by atoms with E-state index < -0.39 is 11.8 Å². The van der Waals surface area contributed by atoms with E-state index in [0.29, 0.717) is 48.9 Å². The minimum absolute atomic E-state index is 0.00101. The fourth-order valence-electron chi connectivity index (χ4n) is 3.13. The Morgan fingerprint density at radius 1 is 1.13 bits per heavy atom. The molecule has 3 aromatic rings. The highest BCUT2D eigenvalue weighted by Crippen LogP contribution is 2.25. The molecule has 1 aromatic carbocycles. The highest BCUT2D eigenvalue weighted by molar-refractivity contribution is 6.09. The maximum absolute atomic E-state index is 13.1. The molecule has 0 bridgehead atoms. The average molecular weight is 423 g/mol. The van der Waals surface area contributed by atoms with Crippen LogP contribution in [0.2, 0.25) is 0 Å². The number of nitrogens with one attached hydrogen (secondary N) is 1. The summed E-state index contributed by atoms with van der Waals surface area (Å²) in [6, 6.07) is 12.4. The van der Waals surface area contributed by atoms with Crippen molar-refractivity contribution in [2.24, 2.45) is 5.73 Å². The molecule has 0 aliphatic rings. The normalized spacial score (nSPS) is 10.6. The van der Waals surface area contributed by atoms with Gasteiger partial charge in [-0.15, -0.1) is 0 Å². The standard InChI is InChI=1S/C22H25N5O4/c1-3-17-19(20(21(23)28)26-27(17)14-15-8-6-7-11-24-15)25-22(29)16-9-4-5-10-18(16)31-13-12-30-2/h4-11H,3,12-14H2,1-2H3,(H2,23,28)(H,25,29). The Bertz CT molecular complexity index is 1050. The number of amides is 2. The van der Waals surface area contributed by atoms with Gasteiger partial charge in [-0.3, -0.25) is 19.3 Å². The van der Waals surface area contributed by atoms with Crippen LogP contribution in [-0.2, 0) is 17.7 Å². The van der Waals surface area contributed by atoms with Crippen molar-refractivity contribution in [1.82, 2.24) is 14.8 Å². The van der Waals surface area contributed by atoms with Crippen LogP contribution in [0.4, 0.5) is 5.69 Å². The Hall–Kier alpha value is -3.72. The number of carbonyl (C=O) groups is 2. The molecule has 0 saturated carbocycles. The Morgan fingerprint density at radius 2 is 1.90 bits per heavy atom. The summed E-state index contributed by atoms with van der Waals surface area (Å²) in [5.74, 6) is -0.742. The van der Waals surface area contributed by atoms with Crippen LogP contribution in [0, 0.1) is 0 Å². The lowest BCUT2D eigenvalue weighted by atomic mass is 10.1. The van der Waals surface area contributed by atoms with Crippen LogP contribution < -0.4 is 15.8 Å². The van der Waals surface area contributed by atoms with Crippen LogP contribution in [0.15, 0.2) is 48.7 Å². The molecule has 0 atom stereocenters. The molecule has 3 N–H and O–H groups in total. The summed E-state index contributed by atoms with van der Waals surface area (Å²) in [7, 11) is 1.57. The number of rotatable bonds is 10. The monoisotopic (exact) mass is 423 g/mol. The maximum Gasteiger partial charge on any atom is 0.271 e. The van der Waals surface area contributed by atoms with E-state index in [-0.39, 0.29) is 5.69 Å². The lowest BCUT2D eigenvalue weighted by Crippen LogP contribution is -2.19. The van der Waals surface area contributed by atoms with Crippen molar-refractivity contribution in [3.8, 4) is 5.75 Å². The van der Waals surface area contributed by atoms with Crippen molar-refractivity contribution < 1.29 is 19.1 Å². The zero-order valence-corrected chi connectivity index (χ0v) is 17.5. The number of primary amides is 1. The van der Waals surface area contributed by atoms with Crippen LogP contribution in [-0.4, -0.2) is 46.9 Å². The zero-order chi connectivity index (χ0) is 22.2. The summed E-state index contributed by atoms with van der Waals surface area (Å²) >= 11 is 0. The van der Waals surface area contributed by atoms with Crippen LogP contribution in [0.25, 0.3) is 0 Å². The molecule has 0 aliphatic heterocycles. The van der Waals surface area contributed by atoms with Gasteiger partial charge < -0.3 is 20.5 Å². The first-order valence-corrected chi connectivity index (χ1v) is 9.86. The minimum Gasteiger partial charge on any atom is -0.490 e. The topological polar surface area (TPSA) is 121 Å². The summed E-state index contributed by atoms with van der Waals surface area (Å²) < 4.78 is 12.3. The Labute approximate surface area is 180 Å². The minimum atomic E-state index is -0.727. The number of nitrogens with zero attached hydrogens (tertiary/aromatic N) is 3. The maximum atomic E-state index is 13.1. The van der Waals surface area contributed by atoms with Gasteiger partial charge in [-0.1, -0.05) is 25.1 Å². The molecule has 31 heavy (non-hydrogen) atoms. The number of para-hydroxylation sites is 1. The van der Waals surface area contributed by atoms with E-state index in [1.807, 2.05) is 25.1 Å². The molecule has 0 fully saturated rings. The van der Waals surface area contributed by atoms with Crippen molar-refractivity contribution in [2.45, 2.75) is 19.9 Å². The van der Waals surface area contributed by atoms with Gasteiger partial charge in [0.1, 0.15) is 12.4 Å². The molecule has 2 amide bonds. The van der Waals surface area contributed by atoms with E-state index in [1.165, 1.54) is 0 Å². The van der Waals surface area contributed by atoms with Crippen molar-refractivity contribution in [1.29, 1.82) is 0 Å². The number of anilines is 1. The highest BCUT2D eigenvalue weighted by Gasteiger charge is 2.24. The van der Waals surface area contributed by atoms with E-state index in [4.69, 9.17) is 15.2 Å². The van der Waals surface area contributed by atoms with Crippen molar-refractivity contribution in [2.75, 3.05) is 25.6 Å². The lowest BCUT2D eigenvalue weighted by Gasteiger charge is -2.12. The van der Waals surface area contributed by atoms with E-state index in [9.17, 15) is 9.59 Å². The second-order valence-electron chi connectivity index (χ2n) is 6.66. The van der Waals surface area contributed by atoms with Crippen LogP contribution in [0.5, 0.6) is 5.75 Å². The SMILES string of the molecule is CCc1c(NC(=O)c2ccccc2OCCOC)c(C(N)=O)nn1Cc1ccccn1. The van der Waals surface area contributed by atoms with E-state index in [0.717, 1.165) is 5.69 Å². The van der Waals surface area contributed by atoms with E-state index in [2.05, 4.69) is 15.4 Å². The first kappa shape index (κ1) is 22.0. The number of ether oxygens (including phenoxy) is 2. The summed E-state index contributed by atoms with van der Waals surface area (Å²) in [6.45, 7) is 2.95. The van der Waals surface area contributed by atoms with E-state index in [1.54, 1.807) is 42.3 Å². The van der Waals surface area contributed by atoms with E-state index >= 15 is 0 Å². The Morgan fingerprint density at radius 3 is 2.58 bits per heavy atom. The number of pyridine rings is 1. The average Bonchev–Trinajstić information content (AvgIpc) is 3.12. The first-order valence-electron chi connectivity index (χ1n) is 9.86. The van der Waals surface area contributed by atoms with Crippen LogP contribution in [0.1, 0.15) is 39.2 Å². The predicted molar refractivity (Wildman–Crippen MR) is 115 cm³/mol. The third-order valence-electron chi connectivity index (χ3n) is 4.58. The molecule has 9 nitrogen and oxygen atoms in total. The molecular formula is C22H25N5O4. The smallest absolute Gasteiger partial charge is 0.271 e. The quantitative estimate of drug-likeness (QED) is 0.483. The summed E-state index contributed by atoms with van der Waals surface area (Å²) in [5, 5.41) is 7.16. The number of nitrogens with two attached hydrogens (primary N) is 1. The summed E-state index contributed by atoms with van der Waals surface area (Å²) in [6.07, 6.45) is 2.21. The second kappa shape index (κ2) is 10.4. The molecule has 0 saturated heterocycles. The molecule has 2 heterocycles. The largest absolute Gasteiger partial charge is 0.490 e.